The van der Waals surface area contributed by atoms with Crippen LogP contribution in [-0.2, 0) is 25.5 Å². The molecule has 0 fully saturated rings. The average molecular weight is 455 g/mol. The van der Waals surface area contributed by atoms with Gasteiger partial charge in [-0.3, -0.25) is 14.4 Å². The number of carbonyl (C=O) groups is 3. The minimum absolute atomic E-state index is 0.00415. The zero-order valence-corrected chi connectivity index (χ0v) is 19.6. The van der Waals surface area contributed by atoms with Gasteiger partial charge in [0.2, 0.25) is 5.91 Å². The predicted octanol–water partition coefficient (Wildman–Crippen LogP) is 4.10. The van der Waals surface area contributed by atoms with Crippen LogP contribution in [0.5, 0.6) is 0 Å². The molecule has 0 unspecified atom stereocenters. The highest BCUT2D eigenvalue weighted by Gasteiger charge is 2.25. The molecule has 1 aliphatic carbocycles. The van der Waals surface area contributed by atoms with Gasteiger partial charge in [0.25, 0.3) is 5.91 Å². The fourth-order valence-electron chi connectivity index (χ4n) is 3.84. The molecule has 2 aromatic rings. The fourth-order valence-corrected chi connectivity index (χ4v) is 4.44. The molecule has 1 aliphatic rings. The van der Waals surface area contributed by atoms with E-state index in [-0.39, 0.29) is 29.4 Å². The SMILES string of the molecule is Cc1ccc(NC(=O)CSCC(=O)O[C@@H](C)C(=O)N[C@@H]2CCCc3ccccc32)c(C)c1. The number of hydrogen-bond donors (Lipinski definition) is 2. The summed E-state index contributed by atoms with van der Waals surface area (Å²) >= 11 is 1.16. The Hall–Kier alpha value is -2.80. The van der Waals surface area contributed by atoms with Crippen molar-refractivity contribution in [2.45, 2.75) is 52.2 Å². The normalized spacial score (nSPS) is 15.9. The lowest BCUT2D eigenvalue weighted by molar-refractivity contribution is -0.152. The van der Waals surface area contributed by atoms with Gasteiger partial charge in [0.15, 0.2) is 6.10 Å². The van der Waals surface area contributed by atoms with Crippen LogP contribution in [0, 0.1) is 13.8 Å². The molecule has 0 spiro atoms. The Bertz CT molecular complexity index is 992. The molecule has 0 saturated heterocycles. The highest BCUT2D eigenvalue weighted by Crippen LogP contribution is 2.29. The van der Waals surface area contributed by atoms with E-state index in [0.29, 0.717) is 0 Å². The van der Waals surface area contributed by atoms with E-state index in [4.69, 9.17) is 4.74 Å². The van der Waals surface area contributed by atoms with E-state index in [1.807, 2.05) is 50.2 Å². The van der Waals surface area contributed by atoms with E-state index in [0.717, 1.165) is 53.4 Å². The third-order valence-electron chi connectivity index (χ3n) is 5.47. The molecule has 170 valence electrons. The molecule has 2 amide bonds. The number of thioether (sulfide) groups is 1. The Morgan fingerprint density at radius 2 is 1.91 bits per heavy atom. The standard InChI is InChI=1S/C25H30N2O4S/c1-16-11-12-21(17(2)13-16)26-23(28)14-32-15-24(29)31-18(3)25(30)27-22-10-6-8-19-7-4-5-9-20(19)22/h4-5,7,9,11-13,18,22H,6,8,10,14-15H2,1-3H3,(H,26,28)(H,27,30)/t18-,22+/m0/s1. The molecule has 3 rings (SSSR count). The highest BCUT2D eigenvalue weighted by molar-refractivity contribution is 8.00. The lowest BCUT2D eigenvalue weighted by atomic mass is 9.87. The molecule has 2 atom stereocenters. The first kappa shape index (κ1) is 23.9. The first-order valence-corrected chi connectivity index (χ1v) is 12.0. The van der Waals surface area contributed by atoms with Crippen LogP contribution in [0.2, 0.25) is 0 Å². The number of hydrogen-bond acceptors (Lipinski definition) is 5. The van der Waals surface area contributed by atoms with Crippen LogP contribution in [0.15, 0.2) is 42.5 Å². The molecule has 0 bridgehead atoms. The summed E-state index contributed by atoms with van der Waals surface area (Å²) in [4.78, 5) is 36.8. The summed E-state index contributed by atoms with van der Waals surface area (Å²) < 4.78 is 5.27. The third-order valence-corrected chi connectivity index (χ3v) is 6.38. The molecule has 0 radical (unpaired) electrons. The van der Waals surface area contributed by atoms with Crippen LogP contribution in [0.25, 0.3) is 0 Å². The Morgan fingerprint density at radius 3 is 2.69 bits per heavy atom. The second-order valence-corrected chi connectivity index (χ2v) is 9.13. The minimum atomic E-state index is -0.888. The number of benzene rings is 2. The summed E-state index contributed by atoms with van der Waals surface area (Å²) in [6.07, 6.45) is 2.01. The summed E-state index contributed by atoms with van der Waals surface area (Å²) in [7, 11) is 0. The first-order valence-electron chi connectivity index (χ1n) is 10.9. The number of ether oxygens (including phenoxy) is 1. The zero-order valence-electron chi connectivity index (χ0n) is 18.8. The van der Waals surface area contributed by atoms with Crippen molar-refractivity contribution in [2.75, 3.05) is 16.8 Å². The maximum Gasteiger partial charge on any atom is 0.316 e. The first-order chi connectivity index (χ1) is 15.3. The van der Waals surface area contributed by atoms with Gasteiger partial charge in [-0.2, -0.15) is 0 Å². The summed E-state index contributed by atoms with van der Waals surface area (Å²) in [6.45, 7) is 5.50. The second kappa shape index (κ2) is 11.2. The van der Waals surface area contributed by atoms with Crippen LogP contribution < -0.4 is 10.6 Å². The van der Waals surface area contributed by atoms with Crippen LogP contribution in [-0.4, -0.2) is 35.4 Å². The van der Waals surface area contributed by atoms with Gasteiger partial charge in [-0.25, -0.2) is 0 Å². The Labute approximate surface area is 193 Å². The monoisotopic (exact) mass is 454 g/mol. The molecule has 0 aromatic heterocycles. The van der Waals surface area contributed by atoms with Crippen molar-refractivity contribution < 1.29 is 19.1 Å². The summed E-state index contributed by atoms with van der Waals surface area (Å²) in [5, 5.41) is 5.85. The van der Waals surface area contributed by atoms with Crippen molar-refractivity contribution in [3.63, 3.8) is 0 Å². The van der Waals surface area contributed by atoms with Gasteiger partial charge in [-0.15, -0.1) is 11.8 Å². The van der Waals surface area contributed by atoms with Crippen molar-refractivity contribution in [1.29, 1.82) is 0 Å². The minimum Gasteiger partial charge on any atom is -0.452 e. The molecule has 32 heavy (non-hydrogen) atoms. The number of amides is 2. The van der Waals surface area contributed by atoms with E-state index in [1.165, 1.54) is 5.56 Å². The van der Waals surface area contributed by atoms with Crippen molar-refractivity contribution in [3.05, 3.63) is 64.7 Å². The maximum atomic E-state index is 12.5. The molecule has 0 aliphatic heterocycles. The Balaban J connectivity index is 1.40. The number of rotatable bonds is 8. The number of anilines is 1. The fraction of sp³-hybridized carbons (Fsp3) is 0.400. The Morgan fingerprint density at radius 1 is 1.12 bits per heavy atom. The summed E-state index contributed by atoms with van der Waals surface area (Å²) in [5.74, 6) is -0.873. The van der Waals surface area contributed by atoms with Crippen LogP contribution in [0.4, 0.5) is 5.69 Å². The number of carbonyl (C=O) groups excluding carboxylic acids is 3. The van der Waals surface area contributed by atoms with Gasteiger partial charge >= 0.3 is 5.97 Å². The highest BCUT2D eigenvalue weighted by atomic mass is 32.2. The second-order valence-electron chi connectivity index (χ2n) is 8.14. The molecular formula is C25H30N2O4S. The molecule has 7 heteroatoms. The molecular weight excluding hydrogens is 424 g/mol. The topological polar surface area (TPSA) is 84.5 Å². The van der Waals surface area contributed by atoms with Crippen molar-refractivity contribution in [1.82, 2.24) is 5.32 Å². The lowest BCUT2D eigenvalue weighted by Gasteiger charge is -2.27. The van der Waals surface area contributed by atoms with Crippen LogP contribution >= 0.6 is 11.8 Å². The quantitative estimate of drug-likeness (QED) is 0.587. The van der Waals surface area contributed by atoms with Gasteiger partial charge in [-0.05, 0) is 62.8 Å². The maximum absolute atomic E-state index is 12.5. The number of esters is 1. The zero-order chi connectivity index (χ0) is 23.1. The van der Waals surface area contributed by atoms with Crippen LogP contribution in [0.3, 0.4) is 0 Å². The van der Waals surface area contributed by atoms with E-state index in [2.05, 4.69) is 16.7 Å². The summed E-state index contributed by atoms with van der Waals surface area (Å²) in [5.41, 5.74) is 5.27. The van der Waals surface area contributed by atoms with Crippen molar-refractivity contribution in [2.24, 2.45) is 0 Å². The number of fused-ring (bicyclic) bond motifs is 1. The van der Waals surface area contributed by atoms with Gasteiger partial charge in [0, 0.05) is 5.69 Å². The lowest BCUT2D eigenvalue weighted by Crippen LogP contribution is -2.39. The van der Waals surface area contributed by atoms with E-state index >= 15 is 0 Å². The average Bonchev–Trinajstić information content (AvgIpc) is 2.76. The van der Waals surface area contributed by atoms with Gasteiger partial charge in [0.1, 0.15) is 0 Å². The number of aryl methyl sites for hydroxylation is 3. The van der Waals surface area contributed by atoms with Gasteiger partial charge < -0.3 is 15.4 Å². The predicted molar refractivity (Wildman–Crippen MR) is 128 cm³/mol. The Kier molecular flexibility index (Phi) is 8.33. The van der Waals surface area contributed by atoms with E-state index in [9.17, 15) is 14.4 Å². The van der Waals surface area contributed by atoms with Crippen molar-refractivity contribution in [3.8, 4) is 0 Å². The third kappa shape index (κ3) is 6.60. The van der Waals surface area contributed by atoms with E-state index < -0.39 is 12.1 Å². The van der Waals surface area contributed by atoms with Crippen molar-refractivity contribution >= 4 is 35.2 Å². The van der Waals surface area contributed by atoms with Gasteiger partial charge in [0.05, 0.1) is 17.5 Å². The largest absolute Gasteiger partial charge is 0.452 e. The molecule has 2 aromatic carbocycles. The smallest absolute Gasteiger partial charge is 0.316 e. The summed E-state index contributed by atoms with van der Waals surface area (Å²) in [6, 6.07) is 13.8. The molecule has 2 N–H and O–H groups in total. The molecule has 6 nitrogen and oxygen atoms in total. The van der Waals surface area contributed by atoms with Gasteiger partial charge in [-0.1, -0.05) is 42.0 Å². The van der Waals surface area contributed by atoms with E-state index in [1.54, 1.807) is 6.92 Å². The molecule has 0 saturated carbocycles. The van der Waals surface area contributed by atoms with Crippen LogP contribution in [0.1, 0.15) is 48.1 Å². The molecule has 0 heterocycles. The number of nitrogens with one attached hydrogen (secondary N) is 2.